The molecule has 0 N–H and O–H groups in total. The molecule has 0 radical (unpaired) electrons. The van der Waals surface area contributed by atoms with Gasteiger partial charge in [-0.05, 0) is 60.7 Å². The number of fused-ring (bicyclic) bond motifs is 1. The van der Waals surface area contributed by atoms with Crippen molar-refractivity contribution in [3.8, 4) is 11.4 Å². The van der Waals surface area contributed by atoms with Gasteiger partial charge in [-0.1, -0.05) is 12.1 Å². The Morgan fingerprint density at radius 3 is 2.54 bits per heavy atom. The number of ether oxygens (including phenoxy) is 1. The largest absolute Gasteiger partial charge is 0.497 e. The van der Waals surface area contributed by atoms with Gasteiger partial charge in [-0.3, -0.25) is 9.36 Å². The fraction of sp³-hybridized carbons (Fsp3) is 0.0476. The summed E-state index contributed by atoms with van der Waals surface area (Å²) in [6.07, 6.45) is 5.16. The van der Waals surface area contributed by atoms with E-state index in [2.05, 4.69) is 4.98 Å². The molecule has 4 rings (SSSR count). The van der Waals surface area contributed by atoms with Crippen LogP contribution in [0.15, 0.2) is 76.1 Å². The number of para-hydroxylation sites is 1. The summed E-state index contributed by atoms with van der Waals surface area (Å²) in [6.45, 7) is 0. The topological polar surface area (TPSA) is 57.3 Å². The van der Waals surface area contributed by atoms with Crippen LogP contribution < -0.4 is 10.3 Å². The van der Waals surface area contributed by atoms with Gasteiger partial charge in [0.2, 0.25) is 0 Å². The molecule has 0 fully saturated rings. The van der Waals surface area contributed by atoms with E-state index in [4.69, 9.17) is 9.15 Å². The summed E-state index contributed by atoms with van der Waals surface area (Å²) in [6, 6.07) is 18.3. The van der Waals surface area contributed by atoms with Gasteiger partial charge >= 0.3 is 0 Å². The first-order chi connectivity index (χ1) is 12.8. The van der Waals surface area contributed by atoms with Gasteiger partial charge in [0.1, 0.15) is 17.3 Å². The molecular weight excluding hydrogens is 328 g/mol. The highest BCUT2D eigenvalue weighted by Crippen LogP contribution is 2.18. The van der Waals surface area contributed by atoms with E-state index in [1.807, 2.05) is 54.6 Å². The summed E-state index contributed by atoms with van der Waals surface area (Å²) in [5.41, 5.74) is 1.24. The van der Waals surface area contributed by atoms with Crippen LogP contribution in [0.1, 0.15) is 11.6 Å². The molecule has 0 aliphatic rings. The maximum absolute atomic E-state index is 13.1. The fourth-order valence-corrected chi connectivity index (χ4v) is 2.79. The molecule has 0 aliphatic carbocycles. The summed E-state index contributed by atoms with van der Waals surface area (Å²) in [5, 5.41) is 0.568. The van der Waals surface area contributed by atoms with Crippen molar-refractivity contribution in [1.29, 1.82) is 0 Å². The molecule has 2 heterocycles. The van der Waals surface area contributed by atoms with Crippen LogP contribution in [0.5, 0.6) is 5.75 Å². The smallest absolute Gasteiger partial charge is 0.266 e. The maximum atomic E-state index is 13.1. The van der Waals surface area contributed by atoms with Crippen molar-refractivity contribution >= 4 is 23.1 Å². The quantitative estimate of drug-likeness (QED) is 0.558. The van der Waals surface area contributed by atoms with Crippen molar-refractivity contribution in [2.45, 2.75) is 0 Å². The Morgan fingerprint density at radius 2 is 1.81 bits per heavy atom. The predicted molar refractivity (Wildman–Crippen MR) is 102 cm³/mol. The van der Waals surface area contributed by atoms with E-state index >= 15 is 0 Å². The van der Waals surface area contributed by atoms with Gasteiger partial charge < -0.3 is 9.15 Å². The third kappa shape index (κ3) is 2.91. The molecule has 4 aromatic rings. The fourth-order valence-electron chi connectivity index (χ4n) is 2.79. The molecule has 5 nitrogen and oxygen atoms in total. The molecule has 2 aromatic carbocycles. The number of furan rings is 1. The Labute approximate surface area is 149 Å². The second-order valence-electron chi connectivity index (χ2n) is 5.67. The first-order valence-electron chi connectivity index (χ1n) is 8.14. The molecular formula is C21H16N2O3. The van der Waals surface area contributed by atoms with Crippen LogP contribution in [0, 0.1) is 0 Å². The minimum Gasteiger partial charge on any atom is -0.497 e. The van der Waals surface area contributed by atoms with Crippen LogP contribution in [0.25, 0.3) is 28.7 Å². The highest BCUT2D eigenvalue weighted by atomic mass is 16.5. The number of nitrogens with zero attached hydrogens (tertiary/aromatic N) is 2. The molecule has 0 aliphatic heterocycles. The lowest BCUT2D eigenvalue weighted by atomic mass is 10.2. The lowest BCUT2D eigenvalue weighted by Crippen LogP contribution is -2.22. The molecule has 0 spiro atoms. The van der Waals surface area contributed by atoms with Crippen molar-refractivity contribution in [2.24, 2.45) is 0 Å². The summed E-state index contributed by atoms with van der Waals surface area (Å²) in [5.74, 6) is 1.94. The number of methoxy groups -OCH3 is 1. The van der Waals surface area contributed by atoms with Gasteiger partial charge in [-0.25, -0.2) is 4.98 Å². The first kappa shape index (κ1) is 15.9. The van der Waals surface area contributed by atoms with Gasteiger partial charge in [-0.15, -0.1) is 0 Å². The van der Waals surface area contributed by atoms with E-state index in [9.17, 15) is 4.79 Å². The van der Waals surface area contributed by atoms with Crippen molar-refractivity contribution in [3.63, 3.8) is 0 Å². The highest BCUT2D eigenvalue weighted by Gasteiger charge is 2.11. The van der Waals surface area contributed by atoms with Crippen LogP contribution in [-0.2, 0) is 0 Å². The molecule has 0 bridgehead atoms. The van der Waals surface area contributed by atoms with Crippen LogP contribution >= 0.6 is 0 Å². The van der Waals surface area contributed by atoms with Crippen LogP contribution in [0.4, 0.5) is 0 Å². The zero-order valence-electron chi connectivity index (χ0n) is 14.1. The van der Waals surface area contributed by atoms with Gasteiger partial charge in [0.05, 0.1) is 30.0 Å². The minimum absolute atomic E-state index is 0.125. The lowest BCUT2D eigenvalue weighted by molar-refractivity contribution is 0.414. The maximum Gasteiger partial charge on any atom is 0.266 e. The SMILES string of the molecule is COc1ccc(-n2c(C=Cc3ccco3)nc3ccccc3c2=O)cc1. The number of hydrogen-bond acceptors (Lipinski definition) is 4. The molecule has 128 valence electrons. The number of rotatable bonds is 4. The molecule has 0 saturated heterocycles. The zero-order chi connectivity index (χ0) is 17.9. The van der Waals surface area contributed by atoms with Gasteiger partial charge in [-0.2, -0.15) is 0 Å². The average Bonchev–Trinajstić information content (AvgIpc) is 3.20. The highest BCUT2D eigenvalue weighted by molar-refractivity contribution is 5.79. The van der Waals surface area contributed by atoms with Gasteiger partial charge in [0.15, 0.2) is 0 Å². The first-order valence-corrected chi connectivity index (χ1v) is 8.14. The molecule has 0 saturated carbocycles. The minimum atomic E-state index is -0.125. The Balaban J connectivity index is 1.94. The van der Waals surface area contributed by atoms with Crippen LogP contribution in [0.2, 0.25) is 0 Å². The number of aromatic nitrogens is 2. The number of hydrogen-bond donors (Lipinski definition) is 0. The third-order valence-corrected chi connectivity index (χ3v) is 4.07. The third-order valence-electron chi connectivity index (χ3n) is 4.07. The predicted octanol–water partition coefficient (Wildman–Crippen LogP) is 4.16. The second-order valence-corrected chi connectivity index (χ2v) is 5.67. The van der Waals surface area contributed by atoms with Crippen molar-refractivity contribution in [2.75, 3.05) is 7.11 Å². The van der Waals surface area contributed by atoms with Crippen molar-refractivity contribution < 1.29 is 9.15 Å². The molecule has 0 unspecified atom stereocenters. The van der Waals surface area contributed by atoms with Crippen molar-refractivity contribution in [1.82, 2.24) is 9.55 Å². The van der Waals surface area contributed by atoms with E-state index in [1.165, 1.54) is 0 Å². The molecule has 26 heavy (non-hydrogen) atoms. The Bertz CT molecular complexity index is 1120. The number of benzene rings is 2. The monoisotopic (exact) mass is 344 g/mol. The van der Waals surface area contributed by atoms with Gasteiger partial charge in [0, 0.05) is 0 Å². The average molecular weight is 344 g/mol. The summed E-state index contributed by atoms with van der Waals surface area (Å²) in [4.78, 5) is 17.8. The summed E-state index contributed by atoms with van der Waals surface area (Å²) >= 11 is 0. The Kier molecular flexibility index (Phi) is 4.11. The molecule has 5 heteroatoms. The van der Waals surface area contributed by atoms with E-state index in [0.717, 1.165) is 5.75 Å². The van der Waals surface area contributed by atoms with E-state index in [-0.39, 0.29) is 5.56 Å². The molecule has 0 amide bonds. The van der Waals surface area contributed by atoms with E-state index < -0.39 is 0 Å². The van der Waals surface area contributed by atoms with Crippen molar-refractivity contribution in [3.05, 3.63) is 88.9 Å². The van der Waals surface area contributed by atoms with Gasteiger partial charge in [0.25, 0.3) is 5.56 Å². The second kappa shape index (κ2) is 6.72. The standard InChI is InChI=1S/C21H16N2O3/c1-25-16-10-8-15(9-11-16)23-20(13-12-17-5-4-14-26-17)22-19-7-3-2-6-18(19)21(23)24/h2-14H,1H3. The summed E-state index contributed by atoms with van der Waals surface area (Å²) in [7, 11) is 1.61. The van der Waals surface area contributed by atoms with Crippen LogP contribution in [0.3, 0.4) is 0 Å². The van der Waals surface area contributed by atoms with E-state index in [1.54, 1.807) is 36.2 Å². The lowest BCUT2D eigenvalue weighted by Gasteiger charge is -2.12. The van der Waals surface area contributed by atoms with E-state index in [0.29, 0.717) is 28.2 Å². The zero-order valence-corrected chi connectivity index (χ0v) is 14.1. The Morgan fingerprint density at radius 1 is 1.00 bits per heavy atom. The molecule has 0 atom stereocenters. The molecule has 2 aromatic heterocycles. The summed E-state index contributed by atoms with van der Waals surface area (Å²) < 4.78 is 12.1. The van der Waals surface area contributed by atoms with Crippen LogP contribution in [-0.4, -0.2) is 16.7 Å². The Hall–Kier alpha value is -3.60. The normalized spacial score (nSPS) is 11.3.